The number of H-pyrrole nitrogens is 1. The van der Waals surface area contributed by atoms with E-state index in [1.165, 1.54) is 6.20 Å². The van der Waals surface area contributed by atoms with Gasteiger partial charge in [0.15, 0.2) is 0 Å². The Morgan fingerprint density at radius 2 is 2.06 bits per heavy atom. The highest BCUT2D eigenvalue weighted by atomic mass is 19.3. The Labute approximate surface area is 91.7 Å². The number of nitrogens with zero attached hydrogens (tertiary/aromatic N) is 1. The van der Waals surface area contributed by atoms with Crippen molar-refractivity contribution in [3.63, 3.8) is 0 Å². The second kappa shape index (κ2) is 3.84. The van der Waals surface area contributed by atoms with Crippen LogP contribution in [0.5, 0.6) is 0 Å². The van der Waals surface area contributed by atoms with Gasteiger partial charge in [-0.2, -0.15) is 13.9 Å². The number of aromatic amines is 1. The molecular weight excluding hydrogens is 218 g/mol. The third kappa shape index (κ3) is 2.56. The molecule has 4 nitrogen and oxygen atoms in total. The number of hydrogen-bond acceptors (Lipinski definition) is 2. The van der Waals surface area contributed by atoms with Gasteiger partial charge in [-0.3, -0.25) is 5.10 Å². The van der Waals surface area contributed by atoms with Gasteiger partial charge >= 0.3 is 11.9 Å². The molecule has 0 saturated carbocycles. The second-order valence-corrected chi connectivity index (χ2v) is 4.71. The highest BCUT2D eigenvalue weighted by Crippen LogP contribution is 2.28. The van der Waals surface area contributed by atoms with Crippen molar-refractivity contribution in [3.8, 4) is 0 Å². The van der Waals surface area contributed by atoms with Gasteiger partial charge in [0.25, 0.3) is 0 Å². The van der Waals surface area contributed by atoms with E-state index in [0.717, 1.165) is 0 Å². The van der Waals surface area contributed by atoms with Gasteiger partial charge in [-0.1, -0.05) is 20.8 Å². The number of aromatic nitrogens is 2. The molecule has 1 aromatic rings. The van der Waals surface area contributed by atoms with E-state index in [0.29, 0.717) is 5.69 Å². The number of carbonyl (C=O) groups is 1. The molecule has 0 bridgehead atoms. The molecule has 0 atom stereocenters. The van der Waals surface area contributed by atoms with Gasteiger partial charge in [0.1, 0.15) is 0 Å². The number of hydrogen-bond donors (Lipinski definition) is 2. The topological polar surface area (TPSA) is 66.0 Å². The molecule has 0 fully saturated rings. The van der Waals surface area contributed by atoms with Gasteiger partial charge in [-0.15, -0.1) is 0 Å². The highest BCUT2D eigenvalue weighted by molar-refractivity contribution is 5.75. The average Bonchev–Trinajstić information content (AvgIpc) is 2.49. The molecule has 0 amide bonds. The Morgan fingerprint density at radius 3 is 2.50 bits per heavy atom. The fraction of sp³-hybridized carbons (Fsp3) is 0.600. The van der Waals surface area contributed by atoms with E-state index < -0.39 is 18.3 Å². The zero-order valence-corrected chi connectivity index (χ0v) is 9.34. The number of rotatable bonds is 3. The van der Waals surface area contributed by atoms with Gasteiger partial charge in [-0.05, 0) is 0 Å². The summed E-state index contributed by atoms with van der Waals surface area (Å²) in [5.41, 5.74) is 0.397. The minimum Gasteiger partial charge on any atom is -0.477 e. The van der Waals surface area contributed by atoms with E-state index in [1.54, 1.807) is 0 Å². The van der Waals surface area contributed by atoms with Gasteiger partial charge < -0.3 is 5.11 Å². The van der Waals surface area contributed by atoms with Crippen LogP contribution in [0.2, 0.25) is 0 Å². The molecule has 0 aliphatic rings. The molecule has 0 spiro atoms. The van der Waals surface area contributed by atoms with Crippen LogP contribution in [0, 0.1) is 0 Å². The van der Waals surface area contributed by atoms with Crippen molar-refractivity contribution in [2.45, 2.75) is 38.5 Å². The minimum absolute atomic E-state index is 0.236. The van der Waals surface area contributed by atoms with Crippen LogP contribution in [0.15, 0.2) is 6.20 Å². The first-order valence-electron chi connectivity index (χ1n) is 4.78. The summed E-state index contributed by atoms with van der Waals surface area (Å²) in [7, 11) is 0. The molecule has 0 unspecified atom stereocenters. The molecule has 6 heteroatoms. The van der Waals surface area contributed by atoms with Crippen LogP contribution >= 0.6 is 0 Å². The molecule has 0 aromatic carbocycles. The van der Waals surface area contributed by atoms with Crippen LogP contribution in [-0.2, 0) is 16.6 Å². The third-order valence-electron chi connectivity index (χ3n) is 2.19. The van der Waals surface area contributed by atoms with E-state index in [4.69, 9.17) is 5.11 Å². The first kappa shape index (κ1) is 12.6. The summed E-state index contributed by atoms with van der Waals surface area (Å²) >= 11 is 0. The van der Waals surface area contributed by atoms with E-state index in [9.17, 15) is 13.6 Å². The summed E-state index contributed by atoms with van der Waals surface area (Å²) in [6.45, 7) is 5.51. The molecule has 0 aliphatic heterocycles. The Bertz CT molecular complexity index is 394. The second-order valence-electron chi connectivity index (χ2n) is 4.71. The average molecular weight is 232 g/mol. The first-order chi connectivity index (χ1) is 7.14. The summed E-state index contributed by atoms with van der Waals surface area (Å²) in [6, 6.07) is 0. The Hall–Kier alpha value is -1.46. The summed E-state index contributed by atoms with van der Waals surface area (Å²) < 4.78 is 26.1. The normalized spacial score (nSPS) is 12.8. The monoisotopic (exact) mass is 232 g/mol. The molecular formula is C10H14F2N2O2. The predicted octanol–water partition coefficient (Wildman–Crippen LogP) is 1.97. The van der Waals surface area contributed by atoms with Crippen molar-refractivity contribution < 1.29 is 18.7 Å². The number of carboxylic acid groups (broad SMARTS) is 1. The van der Waals surface area contributed by atoms with Gasteiger partial charge in [-0.25, -0.2) is 4.79 Å². The lowest BCUT2D eigenvalue weighted by atomic mass is 9.88. The van der Waals surface area contributed by atoms with Crippen molar-refractivity contribution in [1.82, 2.24) is 10.2 Å². The molecule has 0 aliphatic carbocycles. The SMILES string of the molecule is CC(C)(C)c1[nH]ncc1CC(F)(F)C(=O)O. The van der Waals surface area contributed by atoms with Crippen molar-refractivity contribution in [2.24, 2.45) is 0 Å². The molecule has 0 radical (unpaired) electrons. The maximum absolute atomic E-state index is 13.0. The summed E-state index contributed by atoms with van der Waals surface area (Å²) in [4.78, 5) is 10.3. The number of carboxylic acids is 1. The quantitative estimate of drug-likeness (QED) is 0.837. The fourth-order valence-corrected chi connectivity index (χ4v) is 1.41. The molecule has 90 valence electrons. The molecule has 1 heterocycles. The third-order valence-corrected chi connectivity index (χ3v) is 2.19. The molecule has 1 aromatic heterocycles. The van der Waals surface area contributed by atoms with Crippen molar-refractivity contribution >= 4 is 5.97 Å². The van der Waals surface area contributed by atoms with E-state index >= 15 is 0 Å². The van der Waals surface area contributed by atoms with E-state index in [1.807, 2.05) is 20.8 Å². The van der Waals surface area contributed by atoms with Crippen LogP contribution in [-0.4, -0.2) is 27.2 Å². The highest BCUT2D eigenvalue weighted by Gasteiger charge is 2.40. The largest absolute Gasteiger partial charge is 0.477 e. The number of halogens is 2. The zero-order valence-electron chi connectivity index (χ0n) is 9.34. The summed E-state index contributed by atoms with van der Waals surface area (Å²) in [6.07, 6.45) is 0.406. The standard InChI is InChI=1S/C10H14F2N2O2/c1-9(2,3)7-6(5-13-14-7)4-10(11,12)8(15)16/h5H,4H2,1-3H3,(H,13,14)(H,15,16). The van der Waals surface area contributed by atoms with Crippen LogP contribution in [0.4, 0.5) is 8.78 Å². The number of nitrogens with one attached hydrogen (secondary N) is 1. The Kier molecular flexibility index (Phi) is 3.03. The fourth-order valence-electron chi connectivity index (χ4n) is 1.41. The maximum atomic E-state index is 13.0. The lowest BCUT2D eigenvalue weighted by molar-refractivity contribution is -0.164. The number of alkyl halides is 2. The summed E-state index contributed by atoms with van der Waals surface area (Å²) in [5.74, 6) is -5.88. The van der Waals surface area contributed by atoms with Crippen LogP contribution in [0.3, 0.4) is 0 Å². The Morgan fingerprint density at radius 1 is 1.50 bits per heavy atom. The molecule has 16 heavy (non-hydrogen) atoms. The molecule has 0 saturated heterocycles. The molecule has 1 rings (SSSR count). The number of aliphatic carboxylic acids is 1. The lowest BCUT2D eigenvalue weighted by Crippen LogP contribution is -2.31. The minimum atomic E-state index is -3.76. The Balaban J connectivity index is 3.00. The van der Waals surface area contributed by atoms with Crippen molar-refractivity contribution in [3.05, 3.63) is 17.5 Å². The van der Waals surface area contributed by atoms with E-state index in [2.05, 4.69) is 10.2 Å². The maximum Gasteiger partial charge on any atom is 0.374 e. The zero-order chi connectivity index (χ0) is 12.6. The predicted molar refractivity (Wildman–Crippen MR) is 53.6 cm³/mol. The van der Waals surface area contributed by atoms with Crippen molar-refractivity contribution in [1.29, 1.82) is 0 Å². The van der Waals surface area contributed by atoms with Gasteiger partial charge in [0.05, 0.1) is 12.6 Å². The van der Waals surface area contributed by atoms with E-state index in [-0.39, 0.29) is 11.0 Å². The van der Waals surface area contributed by atoms with Crippen LogP contribution < -0.4 is 0 Å². The van der Waals surface area contributed by atoms with Crippen LogP contribution in [0.1, 0.15) is 32.0 Å². The van der Waals surface area contributed by atoms with Crippen molar-refractivity contribution in [2.75, 3.05) is 0 Å². The van der Waals surface area contributed by atoms with Crippen LogP contribution in [0.25, 0.3) is 0 Å². The van der Waals surface area contributed by atoms with Gasteiger partial charge in [0, 0.05) is 16.7 Å². The smallest absolute Gasteiger partial charge is 0.374 e. The lowest BCUT2D eigenvalue weighted by Gasteiger charge is -2.19. The molecule has 2 N–H and O–H groups in total. The van der Waals surface area contributed by atoms with Gasteiger partial charge in [0.2, 0.25) is 0 Å². The first-order valence-corrected chi connectivity index (χ1v) is 4.78. The summed E-state index contributed by atoms with van der Waals surface area (Å²) in [5, 5.41) is 14.7.